The molecule has 2 saturated heterocycles. The third-order valence-electron chi connectivity index (χ3n) is 4.92. The van der Waals surface area contributed by atoms with Gasteiger partial charge in [-0.2, -0.15) is 0 Å². The van der Waals surface area contributed by atoms with Crippen LogP contribution in [0.5, 0.6) is 5.75 Å². The molecule has 0 N–H and O–H groups in total. The smallest absolute Gasteiger partial charge is 0.236 e. The highest BCUT2D eigenvalue weighted by atomic mass is 35.5. The fourth-order valence-electron chi connectivity index (χ4n) is 3.35. The summed E-state index contributed by atoms with van der Waals surface area (Å²) >= 11 is 6.10. The Kier molecular flexibility index (Phi) is 7.14. The zero-order valence-corrected chi connectivity index (χ0v) is 16.2. The normalized spacial score (nSPS) is 22.4. The van der Waals surface area contributed by atoms with Crippen molar-refractivity contribution in [3.05, 3.63) is 29.3 Å². The van der Waals surface area contributed by atoms with Gasteiger partial charge in [0, 0.05) is 45.8 Å². The van der Waals surface area contributed by atoms with Gasteiger partial charge in [-0.15, -0.1) is 0 Å². The van der Waals surface area contributed by atoms with Gasteiger partial charge in [0.15, 0.2) is 0 Å². The van der Waals surface area contributed by atoms with Crippen LogP contribution in [0.4, 0.5) is 0 Å². The maximum Gasteiger partial charge on any atom is 0.236 e. The lowest BCUT2D eigenvalue weighted by molar-refractivity contribution is -0.139. The molecular weight excluding hydrogens is 354 g/mol. The number of amides is 1. The minimum atomic E-state index is 0.141. The summed E-state index contributed by atoms with van der Waals surface area (Å²) in [5.74, 6) is 0.953. The Bertz CT molecular complexity index is 593. The third kappa shape index (κ3) is 5.58. The van der Waals surface area contributed by atoms with E-state index in [4.69, 9.17) is 21.1 Å². The lowest BCUT2D eigenvalue weighted by Gasteiger charge is -2.36. The lowest BCUT2D eigenvalue weighted by atomic mass is 10.2. The maximum absolute atomic E-state index is 12.4. The number of benzene rings is 1. The number of morpholine rings is 1. The average Bonchev–Trinajstić information content (AvgIpc) is 2.65. The Hall–Kier alpha value is -1.34. The summed E-state index contributed by atoms with van der Waals surface area (Å²) in [4.78, 5) is 19.0. The van der Waals surface area contributed by atoms with Gasteiger partial charge in [0.2, 0.25) is 5.91 Å². The van der Waals surface area contributed by atoms with Gasteiger partial charge in [0.1, 0.15) is 12.4 Å². The molecule has 0 saturated carbocycles. The van der Waals surface area contributed by atoms with Crippen LogP contribution in [0.3, 0.4) is 0 Å². The minimum Gasteiger partial charge on any atom is -0.491 e. The van der Waals surface area contributed by atoms with E-state index in [1.807, 2.05) is 36.1 Å². The summed E-state index contributed by atoms with van der Waals surface area (Å²) in [5.41, 5.74) is 0. The van der Waals surface area contributed by atoms with Crippen molar-refractivity contribution in [1.82, 2.24) is 14.7 Å². The molecule has 26 heavy (non-hydrogen) atoms. The number of para-hydroxylation sites is 1. The number of rotatable bonds is 6. The molecule has 2 heterocycles. The number of carbonyl (C=O) groups is 1. The van der Waals surface area contributed by atoms with E-state index in [1.165, 1.54) is 0 Å². The third-order valence-corrected chi connectivity index (χ3v) is 5.23. The fourth-order valence-corrected chi connectivity index (χ4v) is 3.54. The maximum atomic E-state index is 12.4. The first-order chi connectivity index (χ1) is 12.6. The summed E-state index contributed by atoms with van der Waals surface area (Å²) in [6.45, 7) is 9.82. The van der Waals surface area contributed by atoms with E-state index in [1.54, 1.807) is 0 Å². The van der Waals surface area contributed by atoms with Crippen molar-refractivity contribution in [3.8, 4) is 5.75 Å². The molecule has 0 spiro atoms. The average molecular weight is 382 g/mol. The molecule has 2 aliphatic rings. The molecule has 1 amide bonds. The van der Waals surface area contributed by atoms with E-state index in [2.05, 4.69) is 9.80 Å². The molecule has 2 aliphatic heterocycles. The van der Waals surface area contributed by atoms with E-state index < -0.39 is 0 Å². The first-order valence-electron chi connectivity index (χ1n) is 9.33. The molecule has 1 atom stereocenters. The number of carbonyl (C=O) groups excluding carboxylic acids is 1. The second kappa shape index (κ2) is 9.55. The van der Waals surface area contributed by atoms with Crippen molar-refractivity contribution in [1.29, 1.82) is 0 Å². The zero-order chi connectivity index (χ0) is 18.4. The molecule has 2 fully saturated rings. The molecule has 1 aromatic rings. The Morgan fingerprint density at radius 2 is 1.92 bits per heavy atom. The van der Waals surface area contributed by atoms with Crippen molar-refractivity contribution in [2.45, 2.75) is 13.0 Å². The second-order valence-corrected chi connectivity index (χ2v) is 7.33. The first-order valence-corrected chi connectivity index (χ1v) is 9.71. The fraction of sp³-hybridized carbons (Fsp3) is 0.632. The quantitative estimate of drug-likeness (QED) is 0.748. The van der Waals surface area contributed by atoms with E-state index in [9.17, 15) is 4.79 Å². The van der Waals surface area contributed by atoms with E-state index in [0.29, 0.717) is 37.9 Å². The highest BCUT2D eigenvalue weighted by molar-refractivity contribution is 6.32. The molecule has 0 bridgehead atoms. The number of hydrogen-bond donors (Lipinski definition) is 0. The van der Waals surface area contributed by atoms with Crippen molar-refractivity contribution >= 4 is 17.5 Å². The van der Waals surface area contributed by atoms with E-state index in [0.717, 1.165) is 38.5 Å². The van der Waals surface area contributed by atoms with Gasteiger partial charge in [-0.25, -0.2) is 0 Å². The highest BCUT2D eigenvalue weighted by Crippen LogP contribution is 2.22. The summed E-state index contributed by atoms with van der Waals surface area (Å²) in [7, 11) is 0. The van der Waals surface area contributed by atoms with Crippen LogP contribution in [-0.4, -0.2) is 92.3 Å². The Morgan fingerprint density at radius 3 is 2.65 bits per heavy atom. The molecule has 6 nitrogen and oxygen atoms in total. The van der Waals surface area contributed by atoms with E-state index >= 15 is 0 Å². The Balaban J connectivity index is 1.34. The summed E-state index contributed by atoms with van der Waals surface area (Å²) in [6.07, 6.45) is 0.141. The van der Waals surface area contributed by atoms with Crippen LogP contribution in [0, 0.1) is 0 Å². The summed E-state index contributed by atoms with van der Waals surface area (Å²) < 4.78 is 11.3. The number of ether oxygens (including phenoxy) is 2. The van der Waals surface area contributed by atoms with Crippen LogP contribution in [-0.2, 0) is 9.53 Å². The molecule has 1 aromatic carbocycles. The molecular formula is C19H28ClN3O3. The van der Waals surface area contributed by atoms with Crippen LogP contribution in [0.1, 0.15) is 6.92 Å². The second-order valence-electron chi connectivity index (χ2n) is 6.92. The lowest BCUT2D eigenvalue weighted by Crippen LogP contribution is -2.52. The van der Waals surface area contributed by atoms with Gasteiger partial charge in [-0.05, 0) is 19.1 Å². The Morgan fingerprint density at radius 1 is 1.19 bits per heavy atom. The van der Waals surface area contributed by atoms with Crippen LogP contribution >= 0.6 is 11.6 Å². The molecule has 0 aliphatic carbocycles. The molecule has 3 rings (SSSR count). The number of nitrogens with zero attached hydrogens (tertiary/aromatic N) is 3. The van der Waals surface area contributed by atoms with Gasteiger partial charge in [-0.1, -0.05) is 23.7 Å². The summed E-state index contributed by atoms with van der Waals surface area (Å²) in [5, 5.41) is 0.647. The van der Waals surface area contributed by atoms with Crippen molar-refractivity contribution in [2.24, 2.45) is 0 Å². The molecule has 7 heteroatoms. The number of halogens is 1. The van der Waals surface area contributed by atoms with E-state index in [-0.39, 0.29) is 12.0 Å². The standard InChI is InChI=1S/C19H28ClN3O3/c1-16-14-23(11-13-25-16)19(24)15-22-8-6-21(7-9-22)10-12-26-18-5-3-2-4-17(18)20/h2-5,16H,6-15H2,1H3. The van der Waals surface area contributed by atoms with Crippen LogP contribution < -0.4 is 4.74 Å². The van der Waals surface area contributed by atoms with Gasteiger partial charge in [0.25, 0.3) is 0 Å². The topological polar surface area (TPSA) is 45.3 Å². The van der Waals surface area contributed by atoms with Crippen molar-refractivity contribution in [3.63, 3.8) is 0 Å². The van der Waals surface area contributed by atoms with Crippen molar-refractivity contribution < 1.29 is 14.3 Å². The van der Waals surface area contributed by atoms with Gasteiger partial charge >= 0.3 is 0 Å². The number of hydrogen-bond acceptors (Lipinski definition) is 5. The Labute approximate surface area is 160 Å². The molecule has 1 unspecified atom stereocenters. The van der Waals surface area contributed by atoms with Crippen LogP contribution in [0.15, 0.2) is 24.3 Å². The molecule has 0 aromatic heterocycles. The summed E-state index contributed by atoms with van der Waals surface area (Å²) in [6, 6.07) is 7.54. The first kappa shape index (κ1) is 19.4. The van der Waals surface area contributed by atoms with Gasteiger partial charge < -0.3 is 14.4 Å². The zero-order valence-electron chi connectivity index (χ0n) is 15.4. The SMILES string of the molecule is CC1CN(C(=O)CN2CCN(CCOc3ccccc3Cl)CC2)CCO1. The largest absolute Gasteiger partial charge is 0.491 e. The predicted molar refractivity (Wildman–Crippen MR) is 102 cm³/mol. The number of piperazine rings is 1. The molecule has 0 radical (unpaired) electrons. The van der Waals surface area contributed by atoms with Crippen molar-refractivity contribution in [2.75, 3.05) is 65.6 Å². The monoisotopic (exact) mass is 381 g/mol. The van der Waals surface area contributed by atoms with Crippen LogP contribution in [0.25, 0.3) is 0 Å². The van der Waals surface area contributed by atoms with Gasteiger partial charge in [0.05, 0.1) is 24.3 Å². The highest BCUT2D eigenvalue weighted by Gasteiger charge is 2.24. The predicted octanol–water partition coefficient (Wildman–Crippen LogP) is 1.58. The van der Waals surface area contributed by atoms with Crippen LogP contribution in [0.2, 0.25) is 5.02 Å². The minimum absolute atomic E-state index is 0.141. The molecule has 144 valence electrons. The van der Waals surface area contributed by atoms with Gasteiger partial charge in [-0.3, -0.25) is 14.6 Å².